The zero-order chi connectivity index (χ0) is 16.9. The van der Waals surface area contributed by atoms with Crippen molar-refractivity contribution in [1.82, 2.24) is 0 Å². The van der Waals surface area contributed by atoms with Gasteiger partial charge in [0.15, 0.2) is 0 Å². The molecule has 1 rings (SSSR count). The van der Waals surface area contributed by atoms with Gasteiger partial charge in [-0.25, -0.2) is 0 Å². The molecule has 0 aliphatic heterocycles. The normalized spacial score (nSPS) is 10.5. The first-order valence-corrected chi connectivity index (χ1v) is 7.28. The van der Waals surface area contributed by atoms with Crippen LogP contribution in [0.5, 0.6) is 5.75 Å². The quantitative estimate of drug-likeness (QED) is 0.401. The molecule has 0 unspecified atom stereocenters. The Morgan fingerprint density at radius 1 is 1.23 bits per heavy atom. The lowest BCUT2D eigenvalue weighted by molar-refractivity contribution is -0.131. The van der Waals surface area contributed by atoms with E-state index in [0.29, 0.717) is 12.2 Å². The minimum absolute atomic E-state index is 0.340. The number of hydrogen-bond donors (Lipinski definition) is 0. The van der Waals surface area contributed by atoms with Gasteiger partial charge in [-0.05, 0) is 49.4 Å². The molecule has 0 saturated heterocycles. The topological polar surface area (TPSA) is 26.3 Å². The van der Waals surface area contributed by atoms with Crippen molar-refractivity contribution in [2.45, 2.75) is 34.1 Å². The Balaban J connectivity index is 3.96. The number of ether oxygens (including phenoxy) is 1. The molecule has 22 heavy (non-hydrogen) atoms. The van der Waals surface area contributed by atoms with Crippen LogP contribution in [-0.4, -0.2) is 5.97 Å². The first kappa shape index (κ1) is 17.7. The molecule has 116 valence electrons. The van der Waals surface area contributed by atoms with Crippen LogP contribution in [0, 0.1) is 6.92 Å². The van der Waals surface area contributed by atoms with Gasteiger partial charge in [0.05, 0.1) is 0 Å². The predicted octanol–water partition coefficient (Wildman–Crippen LogP) is 5.36. The van der Waals surface area contributed by atoms with E-state index < -0.39 is 0 Å². The third-order valence-corrected chi connectivity index (χ3v) is 3.44. The molecule has 1 aromatic carbocycles. The molecule has 0 fully saturated rings. The molecular formula is C20H24O2. The number of esters is 1. The average molecular weight is 296 g/mol. The predicted molar refractivity (Wildman–Crippen MR) is 95.9 cm³/mol. The fourth-order valence-corrected chi connectivity index (χ4v) is 2.68. The van der Waals surface area contributed by atoms with Gasteiger partial charge in [0.2, 0.25) is 0 Å². The monoisotopic (exact) mass is 296 g/mol. The van der Waals surface area contributed by atoms with Crippen molar-refractivity contribution >= 4 is 23.7 Å². The summed E-state index contributed by atoms with van der Waals surface area (Å²) in [5.41, 5.74) is 5.78. The van der Waals surface area contributed by atoms with Gasteiger partial charge in [0.25, 0.3) is 0 Å². The second kappa shape index (κ2) is 7.60. The van der Waals surface area contributed by atoms with E-state index in [1.54, 1.807) is 6.08 Å². The molecule has 0 aromatic heterocycles. The number of rotatable bonds is 6. The molecule has 1 aromatic rings. The molecule has 0 N–H and O–H groups in total. The molecule has 0 saturated carbocycles. The molecule has 0 spiro atoms. The number of carbonyl (C=O) groups is 1. The van der Waals surface area contributed by atoms with Crippen LogP contribution in [0.3, 0.4) is 0 Å². The highest BCUT2D eigenvalue weighted by atomic mass is 16.5. The highest BCUT2D eigenvalue weighted by Gasteiger charge is 2.21. The Hall–Kier alpha value is -2.35. The molecule has 0 bridgehead atoms. The summed E-state index contributed by atoms with van der Waals surface area (Å²) < 4.78 is 5.49. The minimum Gasteiger partial charge on any atom is -0.426 e. The minimum atomic E-state index is -0.340. The van der Waals surface area contributed by atoms with Crippen molar-refractivity contribution in [1.29, 1.82) is 0 Å². The Kier molecular flexibility index (Phi) is 6.11. The summed E-state index contributed by atoms with van der Waals surface area (Å²) in [7, 11) is 0. The molecule has 0 atom stereocenters. The molecule has 2 nitrogen and oxygen atoms in total. The zero-order valence-electron chi connectivity index (χ0n) is 14.0. The van der Waals surface area contributed by atoms with Crippen molar-refractivity contribution in [2.24, 2.45) is 0 Å². The third kappa shape index (κ3) is 3.45. The Morgan fingerprint density at radius 3 is 2.27 bits per heavy atom. The molecule has 2 heteroatoms. The summed E-state index contributed by atoms with van der Waals surface area (Å²) in [5, 5.41) is 0. The Labute approximate surface area is 133 Å². The van der Waals surface area contributed by atoms with Crippen molar-refractivity contribution in [2.75, 3.05) is 0 Å². The van der Waals surface area contributed by atoms with Crippen LogP contribution in [0.25, 0.3) is 17.7 Å². The van der Waals surface area contributed by atoms with Crippen LogP contribution in [0.4, 0.5) is 0 Å². The van der Waals surface area contributed by atoms with Gasteiger partial charge in [-0.15, -0.1) is 6.58 Å². The maximum atomic E-state index is 11.5. The van der Waals surface area contributed by atoms with Crippen LogP contribution in [-0.2, 0) is 11.2 Å². The highest BCUT2D eigenvalue weighted by Crippen LogP contribution is 2.39. The summed E-state index contributed by atoms with van der Waals surface area (Å²) >= 11 is 0. The van der Waals surface area contributed by atoms with Gasteiger partial charge < -0.3 is 4.74 Å². The summed E-state index contributed by atoms with van der Waals surface area (Å²) in [4.78, 5) is 11.5. The largest absolute Gasteiger partial charge is 0.426 e. The molecule has 0 heterocycles. The fraction of sp³-hybridized carbons (Fsp3) is 0.250. The van der Waals surface area contributed by atoms with E-state index in [1.807, 2.05) is 39.0 Å². The van der Waals surface area contributed by atoms with Crippen molar-refractivity contribution in [3.63, 3.8) is 0 Å². The van der Waals surface area contributed by atoms with Crippen molar-refractivity contribution in [3.05, 3.63) is 59.7 Å². The highest BCUT2D eigenvalue weighted by molar-refractivity contribution is 5.85. The van der Waals surface area contributed by atoms with E-state index >= 15 is 0 Å². The van der Waals surface area contributed by atoms with Gasteiger partial charge in [-0.2, -0.15) is 0 Å². The van der Waals surface area contributed by atoms with Crippen LogP contribution in [0.1, 0.15) is 48.6 Å². The summed E-state index contributed by atoms with van der Waals surface area (Å²) in [6.07, 6.45) is 8.25. The van der Waals surface area contributed by atoms with Crippen LogP contribution in [0.2, 0.25) is 0 Å². The lowest BCUT2D eigenvalue weighted by Gasteiger charge is -2.22. The number of benzene rings is 1. The van der Waals surface area contributed by atoms with Crippen LogP contribution < -0.4 is 4.74 Å². The maximum absolute atomic E-state index is 11.5. The average Bonchev–Trinajstić information content (AvgIpc) is 2.43. The molecule has 0 amide bonds. The molecule has 0 radical (unpaired) electrons. The summed E-state index contributed by atoms with van der Waals surface area (Å²) in [6, 6.07) is 0. The van der Waals surface area contributed by atoms with Gasteiger partial charge >= 0.3 is 5.97 Å². The van der Waals surface area contributed by atoms with E-state index in [9.17, 15) is 4.79 Å². The third-order valence-electron chi connectivity index (χ3n) is 3.44. The standard InChI is InChI=1S/C20H24O2/c1-8-11-17-16(10-3)14(6)20(22-15(7)21)18(12-9-2)19(17)13(4)5/h8-10,12H,1,3-4,11H2,2,5-7H3/b12-9+. The van der Waals surface area contributed by atoms with E-state index in [-0.39, 0.29) is 5.97 Å². The van der Waals surface area contributed by atoms with Crippen molar-refractivity contribution < 1.29 is 9.53 Å². The molecule has 0 aliphatic carbocycles. The Morgan fingerprint density at radius 2 is 1.86 bits per heavy atom. The van der Waals surface area contributed by atoms with E-state index in [0.717, 1.165) is 33.4 Å². The lowest BCUT2D eigenvalue weighted by Crippen LogP contribution is -2.09. The summed E-state index contributed by atoms with van der Waals surface area (Å²) in [6.45, 7) is 19.1. The van der Waals surface area contributed by atoms with Gasteiger partial charge in [-0.3, -0.25) is 4.79 Å². The van der Waals surface area contributed by atoms with Crippen LogP contribution >= 0.6 is 0 Å². The molecular weight excluding hydrogens is 272 g/mol. The fourth-order valence-electron chi connectivity index (χ4n) is 2.68. The SMILES string of the molecule is C=CCc1c(C=C)c(C)c(OC(C)=O)c(/C=C/C)c1C(=C)C. The first-order chi connectivity index (χ1) is 10.4. The van der Waals surface area contributed by atoms with Crippen molar-refractivity contribution in [3.8, 4) is 5.75 Å². The second-order valence-electron chi connectivity index (χ2n) is 5.21. The van der Waals surface area contributed by atoms with E-state index in [2.05, 4.69) is 19.7 Å². The van der Waals surface area contributed by atoms with Gasteiger partial charge in [-0.1, -0.05) is 43.0 Å². The van der Waals surface area contributed by atoms with E-state index in [4.69, 9.17) is 4.74 Å². The van der Waals surface area contributed by atoms with Gasteiger partial charge in [0, 0.05) is 12.5 Å². The summed E-state index contributed by atoms with van der Waals surface area (Å²) in [5.74, 6) is 0.235. The first-order valence-electron chi connectivity index (χ1n) is 7.28. The maximum Gasteiger partial charge on any atom is 0.308 e. The number of allylic oxidation sites excluding steroid dienone is 3. The molecule has 0 aliphatic rings. The zero-order valence-corrected chi connectivity index (χ0v) is 14.0. The number of carbonyl (C=O) groups excluding carboxylic acids is 1. The smallest absolute Gasteiger partial charge is 0.308 e. The van der Waals surface area contributed by atoms with E-state index in [1.165, 1.54) is 6.92 Å². The Bertz CT molecular complexity index is 661. The van der Waals surface area contributed by atoms with Gasteiger partial charge in [0.1, 0.15) is 5.75 Å². The lowest BCUT2D eigenvalue weighted by atomic mass is 9.86. The second-order valence-corrected chi connectivity index (χ2v) is 5.21. The van der Waals surface area contributed by atoms with Crippen LogP contribution in [0.15, 0.2) is 31.9 Å². The number of hydrogen-bond acceptors (Lipinski definition) is 2.